The lowest BCUT2D eigenvalue weighted by Gasteiger charge is -2.48. The van der Waals surface area contributed by atoms with Gasteiger partial charge in [0.2, 0.25) is 0 Å². The van der Waals surface area contributed by atoms with E-state index in [2.05, 4.69) is 56.1 Å². The number of likely N-dealkylation sites (N-methyl/N-ethyl adjacent to an activating group) is 1. The van der Waals surface area contributed by atoms with E-state index >= 15 is 0 Å². The van der Waals surface area contributed by atoms with Crippen LogP contribution in [0.4, 0.5) is 0 Å². The summed E-state index contributed by atoms with van der Waals surface area (Å²) in [6.45, 7) is 5.93. The zero-order valence-electron chi connectivity index (χ0n) is 12.3. The van der Waals surface area contributed by atoms with Gasteiger partial charge in [-0.1, -0.05) is 30.3 Å². The first-order valence-corrected chi connectivity index (χ1v) is 7.16. The van der Waals surface area contributed by atoms with Gasteiger partial charge >= 0.3 is 0 Å². The lowest BCUT2D eigenvalue weighted by Crippen LogP contribution is -2.58. The summed E-state index contributed by atoms with van der Waals surface area (Å²) in [6, 6.07) is 10.6. The molecule has 1 saturated heterocycles. The van der Waals surface area contributed by atoms with E-state index in [1.54, 1.807) is 0 Å². The third-order valence-corrected chi connectivity index (χ3v) is 4.25. The highest BCUT2D eigenvalue weighted by molar-refractivity contribution is 5.15. The third-order valence-electron chi connectivity index (χ3n) is 4.25. The largest absolute Gasteiger partial charge is 0.375 e. The molecular formula is C16H26N2O. The highest BCUT2D eigenvalue weighted by atomic mass is 16.5. The van der Waals surface area contributed by atoms with Gasteiger partial charge in [0.1, 0.15) is 0 Å². The van der Waals surface area contributed by atoms with Crippen LogP contribution >= 0.6 is 0 Å². The van der Waals surface area contributed by atoms with Crippen molar-refractivity contribution >= 4 is 0 Å². The Bertz CT molecular complexity index is 383. The molecule has 1 aliphatic heterocycles. The van der Waals surface area contributed by atoms with Crippen LogP contribution in [-0.4, -0.2) is 36.2 Å². The standard InChI is InChI=1S/C16H26N2O/c1-13-9-16(12-17,10-14(2)19-13)18(3)11-15-7-5-4-6-8-15/h4-8,13-14H,9-12,17H2,1-3H3. The Morgan fingerprint density at radius 2 is 1.79 bits per heavy atom. The maximum atomic E-state index is 6.12. The number of nitrogens with two attached hydrogens (primary N) is 1. The SMILES string of the molecule is CC1CC(CN)(N(C)Cc2ccccc2)CC(C)O1. The Balaban J connectivity index is 2.11. The summed E-state index contributed by atoms with van der Waals surface area (Å²) in [4.78, 5) is 2.41. The molecular weight excluding hydrogens is 236 g/mol. The first kappa shape index (κ1) is 14.5. The fourth-order valence-corrected chi connectivity index (χ4v) is 3.31. The van der Waals surface area contributed by atoms with Gasteiger partial charge in [0.25, 0.3) is 0 Å². The van der Waals surface area contributed by atoms with Crippen LogP contribution in [0.5, 0.6) is 0 Å². The van der Waals surface area contributed by atoms with Crippen LogP contribution in [0.3, 0.4) is 0 Å². The first-order chi connectivity index (χ1) is 9.05. The van der Waals surface area contributed by atoms with E-state index in [1.165, 1.54) is 5.56 Å². The molecule has 106 valence electrons. The normalized spacial score (nSPS) is 31.6. The Labute approximate surface area is 116 Å². The number of hydrogen-bond donors (Lipinski definition) is 1. The molecule has 1 aromatic rings. The predicted molar refractivity (Wildman–Crippen MR) is 78.9 cm³/mol. The molecule has 2 N–H and O–H groups in total. The highest BCUT2D eigenvalue weighted by Crippen LogP contribution is 2.33. The number of rotatable bonds is 4. The summed E-state index contributed by atoms with van der Waals surface area (Å²) in [7, 11) is 2.19. The average Bonchev–Trinajstić information content (AvgIpc) is 2.38. The van der Waals surface area contributed by atoms with Gasteiger partial charge in [0.15, 0.2) is 0 Å². The molecule has 1 fully saturated rings. The van der Waals surface area contributed by atoms with Gasteiger partial charge in [-0.3, -0.25) is 4.90 Å². The Morgan fingerprint density at radius 3 is 2.32 bits per heavy atom. The van der Waals surface area contributed by atoms with Crippen molar-refractivity contribution in [2.75, 3.05) is 13.6 Å². The van der Waals surface area contributed by atoms with E-state index in [-0.39, 0.29) is 17.7 Å². The van der Waals surface area contributed by atoms with E-state index < -0.39 is 0 Å². The summed E-state index contributed by atoms with van der Waals surface area (Å²) < 4.78 is 5.86. The molecule has 0 saturated carbocycles. The first-order valence-electron chi connectivity index (χ1n) is 7.16. The van der Waals surface area contributed by atoms with Crippen LogP contribution in [0.15, 0.2) is 30.3 Å². The van der Waals surface area contributed by atoms with Crippen molar-refractivity contribution in [3.05, 3.63) is 35.9 Å². The molecule has 2 rings (SSSR count). The van der Waals surface area contributed by atoms with E-state index in [4.69, 9.17) is 10.5 Å². The van der Waals surface area contributed by atoms with Crippen molar-refractivity contribution in [1.29, 1.82) is 0 Å². The lowest BCUT2D eigenvalue weighted by molar-refractivity contribution is -0.0993. The van der Waals surface area contributed by atoms with Crippen LogP contribution in [0, 0.1) is 0 Å². The van der Waals surface area contributed by atoms with Crippen molar-refractivity contribution in [3.63, 3.8) is 0 Å². The summed E-state index contributed by atoms with van der Waals surface area (Å²) in [6.07, 6.45) is 2.59. The van der Waals surface area contributed by atoms with Crippen LogP contribution in [0.2, 0.25) is 0 Å². The molecule has 1 aromatic carbocycles. The van der Waals surface area contributed by atoms with Crippen molar-refractivity contribution in [2.24, 2.45) is 5.73 Å². The highest BCUT2D eigenvalue weighted by Gasteiger charge is 2.40. The molecule has 1 aliphatic rings. The average molecular weight is 262 g/mol. The fraction of sp³-hybridized carbons (Fsp3) is 0.625. The molecule has 0 bridgehead atoms. The third kappa shape index (κ3) is 3.35. The monoisotopic (exact) mass is 262 g/mol. The summed E-state index contributed by atoms with van der Waals surface area (Å²) in [5, 5.41) is 0. The van der Waals surface area contributed by atoms with Crippen molar-refractivity contribution in [2.45, 2.75) is 51.0 Å². The smallest absolute Gasteiger partial charge is 0.0568 e. The maximum Gasteiger partial charge on any atom is 0.0568 e. The van der Waals surface area contributed by atoms with E-state index in [9.17, 15) is 0 Å². The Hall–Kier alpha value is -0.900. The molecule has 19 heavy (non-hydrogen) atoms. The molecule has 2 atom stereocenters. The minimum atomic E-state index is 0.0624. The number of hydrogen-bond acceptors (Lipinski definition) is 3. The van der Waals surface area contributed by atoms with Crippen LogP contribution in [0.1, 0.15) is 32.3 Å². The van der Waals surface area contributed by atoms with Gasteiger partial charge in [0, 0.05) is 18.6 Å². The van der Waals surface area contributed by atoms with Gasteiger partial charge in [-0.25, -0.2) is 0 Å². The second-order valence-corrected chi connectivity index (χ2v) is 5.94. The molecule has 0 spiro atoms. The molecule has 0 radical (unpaired) electrons. The second kappa shape index (κ2) is 6.04. The van der Waals surface area contributed by atoms with Crippen LogP contribution < -0.4 is 5.73 Å². The van der Waals surface area contributed by atoms with Crippen molar-refractivity contribution in [3.8, 4) is 0 Å². The Kier molecular flexibility index (Phi) is 4.61. The minimum absolute atomic E-state index is 0.0624. The van der Waals surface area contributed by atoms with E-state index in [1.807, 2.05) is 0 Å². The number of benzene rings is 1. The fourth-order valence-electron chi connectivity index (χ4n) is 3.31. The van der Waals surface area contributed by atoms with Crippen LogP contribution in [-0.2, 0) is 11.3 Å². The summed E-state index contributed by atoms with van der Waals surface area (Å²) in [5.41, 5.74) is 7.52. The zero-order valence-corrected chi connectivity index (χ0v) is 12.3. The molecule has 0 amide bonds. The van der Waals surface area contributed by atoms with Crippen molar-refractivity contribution < 1.29 is 4.74 Å². The molecule has 3 nitrogen and oxygen atoms in total. The lowest BCUT2D eigenvalue weighted by atomic mass is 9.82. The van der Waals surface area contributed by atoms with Crippen LogP contribution in [0.25, 0.3) is 0 Å². The topological polar surface area (TPSA) is 38.5 Å². The molecule has 2 unspecified atom stereocenters. The minimum Gasteiger partial charge on any atom is -0.375 e. The quantitative estimate of drug-likeness (QED) is 0.905. The van der Waals surface area contributed by atoms with Gasteiger partial charge in [-0.2, -0.15) is 0 Å². The predicted octanol–water partition coefficient (Wildman–Crippen LogP) is 2.40. The molecule has 3 heteroatoms. The van der Waals surface area contributed by atoms with Gasteiger partial charge in [0.05, 0.1) is 12.2 Å². The Morgan fingerprint density at radius 1 is 1.21 bits per heavy atom. The van der Waals surface area contributed by atoms with Crippen molar-refractivity contribution in [1.82, 2.24) is 4.90 Å². The summed E-state index contributed by atoms with van der Waals surface area (Å²) in [5.74, 6) is 0. The van der Waals surface area contributed by atoms with E-state index in [0.717, 1.165) is 19.4 Å². The number of ether oxygens (including phenoxy) is 1. The molecule has 0 aliphatic carbocycles. The van der Waals surface area contributed by atoms with Gasteiger partial charge in [-0.05, 0) is 39.3 Å². The van der Waals surface area contributed by atoms with Gasteiger partial charge < -0.3 is 10.5 Å². The number of nitrogens with zero attached hydrogens (tertiary/aromatic N) is 1. The van der Waals surface area contributed by atoms with E-state index in [0.29, 0.717) is 6.54 Å². The summed E-state index contributed by atoms with van der Waals surface area (Å²) >= 11 is 0. The maximum absolute atomic E-state index is 6.12. The molecule has 1 heterocycles. The van der Waals surface area contributed by atoms with Gasteiger partial charge in [-0.15, -0.1) is 0 Å². The molecule has 0 aromatic heterocycles. The second-order valence-electron chi connectivity index (χ2n) is 5.94. The zero-order chi connectivity index (χ0) is 13.9.